The molecule has 0 spiro atoms. The first-order valence-electron chi connectivity index (χ1n) is 6.19. The van der Waals surface area contributed by atoms with E-state index in [2.05, 4.69) is 20.2 Å². The van der Waals surface area contributed by atoms with Crippen molar-refractivity contribution >= 4 is 21.4 Å². The van der Waals surface area contributed by atoms with Crippen LogP contribution in [-0.2, 0) is 10.0 Å². The molecule has 1 aromatic carbocycles. The third-order valence-electron chi connectivity index (χ3n) is 2.89. The number of aromatic amines is 1. The first-order valence-corrected chi connectivity index (χ1v) is 8.08. The third kappa shape index (κ3) is 3.74. The zero-order valence-electron chi connectivity index (χ0n) is 11.6. The lowest BCUT2D eigenvalue weighted by molar-refractivity contribution is 0.607. The predicted octanol–water partition coefficient (Wildman–Crippen LogP) is 2.26. The summed E-state index contributed by atoms with van der Waals surface area (Å²) in [6.45, 7) is 3.88. The van der Waals surface area contributed by atoms with Crippen LogP contribution in [0.2, 0.25) is 0 Å². The molecule has 20 heavy (non-hydrogen) atoms. The van der Waals surface area contributed by atoms with Crippen LogP contribution in [0.15, 0.2) is 30.5 Å². The summed E-state index contributed by atoms with van der Waals surface area (Å²) in [7, 11) is -3.25. The van der Waals surface area contributed by atoms with Crippen molar-refractivity contribution in [3.8, 4) is 0 Å². The zero-order chi connectivity index (χ0) is 14.8. The number of aromatic nitrogens is 2. The molecule has 3 N–H and O–H groups in total. The van der Waals surface area contributed by atoms with E-state index < -0.39 is 10.0 Å². The third-order valence-corrected chi connectivity index (χ3v) is 3.48. The van der Waals surface area contributed by atoms with Crippen molar-refractivity contribution in [3.05, 3.63) is 41.7 Å². The van der Waals surface area contributed by atoms with Crippen LogP contribution in [-0.4, -0.2) is 24.9 Å². The SMILES string of the molecule is Cc1cc(NC(C)c2ccn[nH]2)ccc1NS(C)(=O)=O. The Labute approximate surface area is 118 Å². The van der Waals surface area contributed by atoms with Crippen molar-refractivity contribution < 1.29 is 8.42 Å². The van der Waals surface area contributed by atoms with Crippen LogP contribution in [0.25, 0.3) is 0 Å². The number of nitrogens with zero attached hydrogens (tertiary/aromatic N) is 1. The number of benzene rings is 1. The molecule has 0 fully saturated rings. The van der Waals surface area contributed by atoms with E-state index in [0.29, 0.717) is 5.69 Å². The number of hydrogen-bond donors (Lipinski definition) is 3. The molecular formula is C13H18N4O2S. The predicted molar refractivity (Wildman–Crippen MR) is 80.3 cm³/mol. The molecule has 6 nitrogen and oxygen atoms in total. The first-order chi connectivity index (χ1) is 9.35. The highest BCUT2D eigenvalue weighted by molar-refractivity contribution is 7.92. The van der Waals surface area contributed by atoms with E-state index in [1.165, 1.54) is 0 Å². The van der Waals surface area contributed by atoms with Crippen molar-refractivity contribution in [2.24, 2.45) is 0 Å². The van der Waals surface area contributed by atoms with E-state index in [0.717, 1.165) is 23.2 Å². The van der Waals surface area contributed by atoms with Crippen LogP contribution >= 0.6 is 0 Å². The summed E-state index contributed by atoms with van der Waals surface area (Å²) >= 11 is 0. The molecule has 0 saturated heterocycles. The van der Waals surface area contributed by atoms with Gasteiger partial charge in [0.05, 0.1) is 23.7 Å². The maximum absolute atomic E-state index is 11.2. The highest BCUT2D eigenvalue weighted by Gasteiger charge is 2.09. The van der Waals surface area contributed by atoms with E-state index >= 15 is 0 Å². The van der Waals surface area contributed by atoms with Gasteiger partial charge in [0, 0.05) is 11.9 Å². The normalized spacial score (nSPS) is 12.9. The molecule has 2 aromatic rings. The minimum atomic E-state index is -3.25. The van der Waals surface area contributed by atoms with Crippen molar-refractivity contribution in [1.29, 1.82) is 0 Å². The van der Waals surface area contributed by atoms with Crippen molar-refractivity contribution in [1.82, 2.24) is 10.2 Å². The fraction of sp³-hybridized carbons (Fsp3) is 0.308. The lowest BCUT2D eigenvalue weighted by atomic mass is 10.1. The lowest BCUT2D eigenvalue weighted by Crippen LogP contribution is -2.11. The second-order valence-electron chi connectivity index (χ2n) is 4.78. The molecule has 0 amide bonds. The van der Waals surface area contributed by atoms with E-state index in [4.69, 9.17) is 0 Å². The van der Waals surface area contributed by atoms with Crippen LogP contribution in [0.4, 0.5) is 11.4 Å². The Hall–Kier alpha value is -2.02. The molecular weight excluding hydrogens is 276 g/mol. The van der Waals surface area contributed by atoms with Gasteiger partial charge in [-0.15, -0.1) is 0 Å². The fourth-order valence-corrected chi connectivity index (χ4v) is 2.53. The standard InChI is InChI=1S/C13H18N4O2S/c1-9-8-11(4-5-12(9)17-20(3,18)19)15-10(2)13-6-7-14-16-13/h4-8,10,15,17H,1-3H3,(H,14,16). The average molecular weight is 294 g/mol. The van der Waals surface area contributed by atoms with Gasteiger partial charge < -0.3 is 5.32 Å². The zero-order valence-corrected chi connectivity index (χ0v) is 12.5. The van der Waals surface area contributed by atoms with Gasteiger partial charge >= 0.3 is 0 Å². The second kappa shape index (κ2) is 5.54. The Morgan fingerprint density at radius 1 is 1.30 bits per heavy atom. The minimum absolute atomic E-state index is 0.0885. The summed E-state index contributed by atoms with van der Waals surface area (Å²) in [6, 6.07) is 7.49. The molecule has 1 unspecified atom stereocenters. The Morgan fingerprint density at radius 2 is 2.05 bits per heavy atom. The Balaban J connectivity index is 2.13. The van der Waals surface area contributed by atoms with Gasteiger partial charge in [-0.25, -0.2) is 8.42 Å². The molecule has 1 aromatic heterocycles. The molecule has 0 aliphatic heterocycles. The van der Waals surface area contributed by atoms with Crippen molar-refractivity contribution in [3.63, 3.8) is 0 Å². The quantitative estimate of drug-likeness (QED) is 0.789. The molecule has 2 rings (SSSR count). The van der Waals surface area contributed by atoms with Gasteiger partial charge in [0.15, 0.2) is 0 Å². The summed E-state index contributed by atoms with van der Waals surface area (Å²) in [5.41, 5.74) is 3.36. The topological polar surface area (TPSA) is 86.9 Å². The summed E-state index contributed by atoms with van der Waals surface area (Å²) in [6.07, 6.45) is 2.84. The fourth-order valence-electron chi connectivity index (χ4n) is 1.90. The Morgan fingerprint density at radius 3 is 2.60 bits per heavy atom. The number of aryl methyl sites for hydroxylation is 1. The van der Waals surface area contributed by atoms with Gasteiger partial charge in [0.1, 0.15) is 0 Å². The molecule has 7 heteroatoms. The van der Waals surface area contributed by atoms with Gasteiger partial charge in [-0.05, 0) is 43.7 Å². The molecule has 0 saturated carbocycles. The van der Waals surface area contributed by atoms with Crippen LogP contribution in [0.3, 0.4) is 0 Å². The maximum atomic E-state index is 11.2. The molecule has 0 aliphatic rings. The monoisotopic (exact) mass is 294 g/mol. The van der Waals surface area contributed by atoms with Gasteiger partial charge in [-0.2, -0.15) is 5.10 Å². The number of rotatable bonds is 5. The maximum Gasteiger partial charge on any atom is 0.229 e. The summed E-state index contributed by atoms with van der Waals surface area (Å²) in [4.78, 5) is 0. The summed E-state index contributed by atoms with van der Waals surface area (Å²) < 4.78 is 25.0. The van der Waals surface area contributed by atoms with E-state index in [1.807, 2.05) is 32.0 Å². The Bertz CT molecular complexity index is 680. The Kier molecular flexibility index (Phi) is 3.99. The van der Waals surface area contributed by atoms with Crippen molar-refractivity contribution in [2.75, 3.05) is 16.3 Å². The molecule has 1 atom stereocenters. The van der Waals surface area contributed by atoms with Crippen LogP contribution < -0.4 is 10.0 Å². The first kappa shape index (κ1) is 14.4. The summed E-state index contributed by atoms with van der Waals surface area (Å²) in [5, 5.41) is 10.2. The molecule has 0 radical (unpaired) electrons. The summed E-state index contributed by atoms with van der Waals surface area (Å²) in [5.74, 6) is 0. The number of nitrogens with one attached hydrogen (secondary N) is 3. The highest BCUT2D eigenvalue weighted by Crippen LogP contribution is 2.23. The second-order valence-corrected chi connectivity index (χ2v) is 6.53. The molecule has 108 valence electrons. The van der Waals surface area contributed by atoms with E-state index in [-0.39, 0.29) is 6.04 Å². The highest BCUT2D eigenvalue weighted by atomic mass is 32.2. The molecule has 0 bridgehead atoms. The molecule has 1 heterocycles. The van der Waals surface area contributed by atoms with E-state index in [9.17, 15) is 8.42 Å². The number of anilines is 2. The van der Waals surface area contributed by atoms with Gasteiger partial charge in [-0.3, -0.25) is 9.82 Å². The van der Waals surface area contributed by atoms with Crippen molar-refractivity contribution in [2.45, 2.75) is 19.9 Å². The minimum Gasteiger partial charge on any atom is -0.377 e. The number of H-pyrrole nitrogens is 1. The largest absolute Gasteiger partial charge is 0.377 e. The van der Waals surface area contributed by atoms with Gasteiger partial charge in [0.25, 0.3) is 0 Å². The van der Waals surface area contributed by atoms with Gasteiger partial charge in [-0.1, -0.05) is 0 Å². The van der Waals surface area contributed by atoms with Crippen LogP contribution in [0, 0.1) is 6.92 Å². The smallest absolute Gasteiger partial charge is 0.229 e. The lowest BCUT2D eigenvalue weighted by Gasteiger charge is -2.15. The average Bonchev–Trinajstić information content (AvgIpc) is 2.85. The number of hydrogen-bond acceptors (Lipinski definition) is 4. The number of sulfonamides is 1. The van der Waals surface area contributed by atoms with Crippen LogP contribution in [0.1, 0.15) is 24.2 Å². The van der Waals surface area contributed by atoms with Gasteiger partial charge in [0.2, 0.25) is 10.0 Å². The van der Waals surface area contributed by atoms with Crippen LogP contribution in [0.5, 0.6) is 0 Å². The van der Waals surface area contributed by atoms with E-state index in [1.54, 1.807) is 12.3 Å². The molecule has 0 aliphatic carbocycles.